The van der Waals surface area contributed by atoms with Gasteiger partial charge in [-0.3, -0.25) is 4.79 Å². The summed E-state index contributed by atoms with van der Waals surface area (Å²) in [6.07, 6.45) is 8.23. The van der Waals surface area contributed by atoms with E-state index in [-0.39, 0.29) is 36.2 Å². The van der Waals surface area contributed by atoms with E-state index in [1.54, 1.807) is 20.2 Å². The number of halogens is 1. The predicted octanol–water partition coefficient (Wildman–Crippen LogP) is 4.01. The number of nitrogens with zero attached hydrogens (tertiary/aromatic N) is 3. The zero-order chi connectivity index (χ0) is 28.0. The highest BCUT2D eigenvalue weighted by Crippen LogP contribution is 2.46. The van der Waals surface area contributed by atoms with Crippen LogP contribution in [0.4, 0.5) is 5.69 Å². The number of imidazole rings is 1. The molecule has 4 N–H and O–H groups in total. The molecule has 1 saturated heterocycles. The van der Waals surface area contributed by atoms with Gasteiger partial charge >= 0.3 is 0 Å². The number of aromatic nitrogens is 3. The molecule has 3 aromatic rings. The normalized spacial score (nSPS) is 25.5. The molecule has 0 radical (unpaired) electrons. The predicted molar refractivity (Wildman–Crippen MR) is 155 cm³/mol. The molecule has 2 fully saturated rings. The van der Waals surface area contributed by atoms with Crippen molar-refractivity contribution in [2.75, 3.05) is 38.7 Å². The number of aromatic amines is 1. The van der Waals surface area contributed by atoms with Gasteiger partial charge in [-0.25, -0.2) is 9.97 Å². The number of ether oxygens (including phenoxy) is 1. The number of fused-ring (bicyclic) bond motifs is 3. The molecule has 2 aliphatic carbocycles. The minimum atomic E-state index is -0.694. The molecule has 9 nitrogen and oxygen atoms in total. The third-order valence-electron chi connectivity index (χ3n) is 8.93. The number of aliphatic hydroxyl groups excluding tert-OH is 2. The SMILES string of the molecule is COc1cc(C2CCN(C[C@@H](O)CO)CC2)ccc1-c1nc2c(N[C@H]3[C@@H](C(C)=O)[C@@H]4C=C[C@H]3C4)c(Cl)cnc2[nH]1. The minimum Gasteiger partial charge on any atom is -0.496 e. The number of β-amino-alcohol motifs (C(OH)–C–C–N with tert-alkyl or cyclic N) is 1. The van der Waals surface area contributed by atoms with Crippen LogP contribution in [0.1, 0.15) is 37.7 Å². The van der Waals surface area contributed by atoms with Gasteiger partial charge in [0.15, 0.2) is 5.65 Å². The molecule has 0 spiro atoms. The molecule has 10 heteroatoms. The number of pyridine rings is 1. The molecule has 2 aromatic heterocycles. The van der Waals surface area contributed by atoms with Crippen molar-refractivity contribution in [3.05, 3.63) is 47.1 Å². The van der Waals surface area contributed by atoms with Gasteiger partial charge in [0.05, 0.1) is 42.3 Å². The largest absolute Gasteiger partial charge is 0.496 e. The fourth-order valence-corrected chi connectivity index (χ4v) is 7.09. The molecule has 1 aromatic carbocycles. The summed E-state index contributed by atoms with van der Waals surface area (Å²) < 4.78 is 5.81. The van der Waals surface area contributed by atoms with Crippen LogP contribution in [-0.2, 0) is 4.79 Å². The van der Waals surface area contributed by atoms with E-state index < -0.39 is 6.10 Å². The summed E-state index contributed by atoms with van der Waals surface area (Å²) in [6.45, 7) is 3.71. The first kappa shape index (κ1) is 27.2. The lowest BCUT2D eigenvalue weighted by molar-refractivity contribution is -0.121. The van der Waals surface area contributed by atoms with Crippen molar-refractivity contribution in [1.82, 2.24) is 19.9 Å². The number of likely N-dealkylation sites (tertiary alicyclic amines) is 1. The first-order valence-corrected chi connectivity index (χ1v) is 14.4. The molecular formula is C30H36ClN5O4. The van der Waals surface area contributed by atoms with Crippen molar-refractivity contribution in [1.29, 1.82) is 0 Å². The van der Waals surface area contributed by atoms with Crippen LogP contribution in [0.25, 0.3) is 22.6 Å². The van der Waals surface area contributed by atoms with Crippen molar-refractivity contribution >= 4 is 34.2 Å². The minimum absolute atomic E-state index is 0.0251. The first-order chi connectivity index (χ1) is 19.4. The van der Waals surface area contributed by atoms with E-state index in [0.29, 0.717) is 40.2 Å². The number of piperidine rings is 1. The van der Waals surface area contributed by atoms with Crippen LogP contribution in [-0.4, -0.2) is 81.3 Å². The number of methoxy groups -OCH3 is 1. The summed E-state index contributed by atoms with van der Waals surface area (Å²) in [6, 6.07) is 6.23. The van der Waals surface area contributed by atoms with Crippen LogP contribution in [0.15, 0.2) is 36.5 Å². The Morgan fingerprint density at radius 2 is 2.05 bits per heavy atom. The lowest BCUT2D eigenvalue weighted by Gasteiger charge is -2.33. The van der Waals surface area contributed by atoms with E-state index in [1.165, 1.54) is 5.56 Å². The highest BCUT2D eigenvalue weighted by Gasteiger charge is 2.47. The van der Waals surface area contributed by atoms with E-state index in [4.69, 9.17) is 26.4 Å². The van der Waals surface area contributed by atoms with E-state index in [0.717, 1.165) is 43.7 Å². The van der Waals surface area contributed by atoms with E-state index in [2.05, 4.69) is 44.5 Å². The van der Waals surface area contributed by atoms with Gasteiger partial charge in [0.25, 0.3) is 0 Å². The van der Waals surface area contributed by atoms with Crippen LogP contribution in [0.5, 0.6) is 5.75 Å². The van der Waals surface area contributed by atoms with Crippen molar-refractivity contribution in [2.24, 2.45) is 17.8 Å². The number of hydrogen-bond acceptors (Lipinski definition) is 8. The van der Waals surface area contributed by atoms with E-state index in [9.17, 15) is 9.90 Å². The smallest absolute Gasteiger partial charge is 0.159 e. The van der Waals surface area contributed by atoms with Crippen LogP contribution in [0.3, 0.4) is 0 Å². The summed E-state index contributed by atoms with van der Waals surface area (Å²) in [4.78, 5) is 27.4. The molecule has 6 rings (SSSR count). The standard InChI is InChI=1S/C30H36ClN5O4/c1-16(38)25-19-3-4-20(11-19)26(25)33-27-23(31)13-32-30-28(27)34-29(35-30)22-6-5-18(12-24(22)40-2)17-7-9-36(10-8-17)14-21(39)15-37/h3-6,12-13,17,19-21,25-26,37,39H,7-11,14-15H2,1-2H3,(H2,32,33,34,35)/t19-,20+,21-,25+,26-/m1/s1. The number of aliphatic hydroxyl groups is 2. The molecule has 1 saturated carbocycles. The molecule has 3 heterocycles. The van der Waals surface area contributed by atoms with Gasteiger partial charge in [-0.2, -0.15) is 0 Å². The van der Waals surface area contributed by atoms with Crippen LogP contribution < -0.4 is 10.1 Å². The molecular weight excluding hydrogens is 530 g/mol. The summed E-state index contributed by atoms with van der Waals surface area (Å²) in [5.74, 6) is 2.43. The number of anilines is 1. The zero-order valence-electron chi connectivity index (χ0n) is 22.8. The van der Waals surface area contributed by atoms with Gasteiger partial charge in [-0.1, -0.05) is 29.8 Å². The Labute approximate surface area is 238 Å². The summed E-state index contributed by atoms with van der Waals surface area (Å²) in [5.41, 5.74) is 3.99. The molecule has 212 valence electrons. The highest BCUT2D eigenvalue weighted by molar-refractivity contribution is 6.34. The maximum absolute atomic E-state index is 12.5. The fourth-order valence-electron chi connectivity index (χ4n) is 6.90. The molecule has 1 aliphatic heterocycles. The maximum atomic E-state index is 12.5. The summed E-state index contributed by atoms with van der Waals surface area (Å²) >= 11 is 6.64. The summed E-state index contributed by atoms with van der Waals surface area (Å²) in [7, 11) is 1.66. The lowest BCUT2D eigenvalue weighted by atomic mass is 9.86. The van der Waals surface area contributed by atoms with Crippen molar-refractivity contribution in [2.45, 2.75) is 44.2 Å². The third-order valence-corrected chi connectivity index (χ3v) is 9.21. The number of rotatable bonds is 9. The lowest BCUT2D eigenvalue weighted by Crippen LogP contribution is -2.39. The number of H-pyrrole nitrogens is 1. The average Bonchev–Trinajstić information content (AvgIpc) is 3.69. The maximum Gasteiger partial charge on any atom is 0.159 e. The number of benzene rings is 1. The number of allylic oxidation sites excluding steroid dienone is 1. The van der Waals surface area contributed by atoms with E-state index >= 15 is 0 Å². The van der Waals surface area contributed by atoms with Crippen molar-refractivity contribution in [3.8, 4) is 17.1 Å². The number of nitrogens with one attached hydrogen (secondary N) is 2. The van der Waals surface area contributed by atoms with E-state index in [1.807, 2.05) is 6.07 Å². The molecule has 2 bridgehead atoms. The quantitative estimate of drug-likeness (QED) is 0.287. The number of carbonyl (C=O) groups is 1. The number of carbonyl (C=O) groups excluding carboxylic acids is 1. The Bertz CT molecular complexity index is 1430. The Kier molecular flexibility index (Phi) is 7.56. The average molecular weight is 566 g/mol. The van der Waals surface area contributed by atoms with Gasteiger partial charge < -0.3 is 30.2 Å². The molecule has 5 atom stereocenters. The Hall–Kier alpha value is -2.98. The Morgan fingerprint density at radius 3 is 2.77 bits per heavy atom. The van der Waals surface area contributed by atoms with Gasteiger partial charge in [-0.15, -0.1) is 0 Å². The van der Waals surface area contributed by atoms with Gasteiger partial charge in [-0.05, 0) is 74.7 Å². The van der Waals surface area contributed by atoms with Gasteiger partial charge in [0.2, 0.25) is 0 Å². The monoisotopic (exact) mass is 565 g/mol. The van der Waals surface area contributed by atoms with Crippen molar-refractivity contribution in [3.63, 3.8) is 0 Å². The molecule has 0 unspecified atom stereocenters. The number of hydrogen-bond donors (Lipinski definition) is 4. The fraction of sp³-hybridized carbons (Fsp3) is 0.500. The second-order valence-electron chi connectivity index (χ2n) is 11.4. The number of Topliss-reactive ketones (excluding diaryl/α,β-unsaturated/α-hetero) is 1. The molecule has 3 aliphatic rings. The van der Waals surface area contributed by atoms with Crippen LogP contribution >= 0.6 is 11.6 Å². The summed E-state index contributed by atoms with van der Waals surface area (Å²) in [5, 5.41) is 23.0. The molecule has 40 heavy (non-hydrogen) atoms. The molecule has 0 amide bonds. The second kappa shape index (κ2) is 11.1. The third kappa shape index (κ3) is 5.00. The Morgan fingerprint density at radius 1 is 1.27 bits per heavy atom. The van der Waals surface area contributed by atoms with Crippen molar-refractivity contribution < 1.29 is 19.7 Å². The van der Waals surface area contributed by atoms with Gasteiger partial charge in [0.1, 0.15) is 22.9 Å². The number of ketones is 1. The van der Waals surface area contributed by atoms with Crippen LogP contribution in [0.2, 0.25) is 5.02 Å². The second-order valence-corrected chi connectivity index (χ2v) is 11.8. The topological polar surface area (TPSA) is 124 Å². The van der Waals surface area contributed by atoms with Crippen LogP contribution in [0, 0.1) is 17.8 Å². The highest BCUT2D eigenvalue weighted by atomic mass is 35.5. The van der Waals surface area contributed by atoms with Gasteiger partial charge in [0, 0.05) is 18.5 Å². The first-order valence-electron chi connectivity index (χ1n) is 14.0. The Balaban J connectivity index is 1.25. The zero-order valence-corrected chi connectivity index (χ0v) is 23.6.